The number of carbonyl (C=O) groups is 2. The molecule has 0 spiro atoms. The highest BCUT2D eigenvalue weighted by Crippen LogP contribution is 2.33. The van der Waals surface area contributed by atoms with Crippen molar-refractivity contribution in [2.24, 2.45) is 0 Å². The summed E-state index contributed by atoms with van der Waals surface area (Å²) in [7, 11) is 0. The van der Waals surface area contributed by atoms with E-state index in [9.17, 15) is 9.59 Å². The van der Waals surface area contributed by atoms with Crippen LogP contribution in [-0.4, -0.2) is 83.1 Å². The molecule has 1 aromatic carbocycles. The number of rotatable bonds is 7. The van der Waals surface area contributed by atoms with Crippen molar-refractivity contribution < 1.29 is 19.1 Å². The molecule has 0 saturated carbocycles. The number of carbonyl (C=O) groups excluding carboxylic acids is 2. The first-order valence-electron chi connectivity index (χ1n) is 11.0. The summed E-state index contributed by atoms with van der Waals surface area (Å²) in [6.45, 7) is 7.91. The predicted molar refractivity (Wildman–Crippen MR) is 124 cm³/mol. The van der Waals surface area contributed by atoms with Gasteiger partial charge in [-0.25, -0.2) is 9.48 Å². The average Bonchev–Trinajstić information content (AvgIpc) is 3.46. The van der Waals surface area contributed by atoms with Gasteiger partial charge in [0.05, 0.1) is 37.4 Å². The van der Waals surface area contributed by atoms with Gasteiger partial charge in [0.15, 0.2) is 0 Å². The van der Waals surface area contributed by atoms with Gasteiger partial charge in [0.2, 0.25) is 0 Å². The summed E-state index contributed by atoms with van der Waals surface area (Å²) in [5, 5.41) is 7.47. The van der Waals surface area contributed by atoms with Gasteiger partial charge in [-0.05, 0) is 50.3 Å². The molecule has 2 aliphatic rings. The van der Waals surface area contributed by atoms with E-state index in [1.165, 1.54) is 6.20 Å². The summed E-state index contributed by atoms with van der Waals surface area (Å²) in [6.07, 6.45) is 2.59. The van der Waals surface area contributed by atoms with E-state index < -0.39 is 0 Å². The molecule has 0 radical (unpaired) electrons. The molecule has 9 heteroatoms. The Morgan fingerprint density at radius 1 is 1.25 bits per heavy atom. The van der Waals surface area contributed by atoms with Crippen molar-refractivity contribution in [1.82, 2.24) is 20.0 Å². The predicted octanol–water partition coefficient (Wildman–Crippen LogP) is 2.30. The molecule has 2 aliphatic heterocycles. The Hall–Kier alpha value is -2.36. The lowest BCUT2D eigenvalue weighted by Crippen LogP contribution is -2.59. The molecule has 32 heavy (non-hydrogen) atoms. The number of thioether (sulfide) groups is 1. The number of hydrogen-bond acceptors (Lipinski definition) is 7. The number of amides is 1. The van der Waals surface area contributed by atoms with Gasteiger partial charge < -0.3 is 14.8 Å². The molecule has 4 rings (SSSR count). The zero-order valence-electron chi connectivity index (χ0n) is 18.6. The second kappa shape index (κ2) is 10.1. The van der Waals surface area contributed by atoms with Crippen LogP contribution >= 0.6 is 11.8 Å². The average molecular weight is 459 g/mol. The SMILES string of the molecule is CCOC(=O)c1cnn(-c2ccc(C(=O)NCC3(N4CCOCC4)CCSC3)cc2)c1C. The third-order valence-corrected chi connectivity index (χ3v) is 7.46. The third-order valence-electron chi connectivity index (χ3n) is 6.22. The quantitative estimate of drug-likeness (QED) is 0.637. The van der Waals surface area contributed by atoms with Crippen molar-refractivity contribution in [3.05, 3.63) is 47.3 Å². The second-order valence-corrected chi connectivity index (χ2v) is 9.24. The molecule has 1 N–H and O–H groups in total. The van der Waals surface area contributed by atoms with Gasteiger partial charge in [-0.2, -0.15) is 16.9 Å². The topological polar surface area (TPSA) is 85.7 Å². The minimum atomic E-state index is -0.383. The maximum Gasteiger partial charge on any atom is 0.341 e. The summed E-state index contributed by atoms with van der Waals surface area (Å²) < 4.78 is 12.3. The first kappa shape index (κ1) is 22.8. The van der Waals surface area contributed by atoms with Crippen molar-refractivity contribution in [3.63, 3.8) is 0 Å². The standard InChI is InChI=1S/C23H30N4O4S/c1-3-31-22(29)20-14-25-27(17(20)2)19-6-4-18(5-7-19)21(28)24-15-23(8-13-32-16-23)26-9-11-30-12-10-26/h4-7,14H,3,8-13,15-16H2,1-2H3,(H,24,28). The molecule has 1 amide bonds. The Kier molecular flexibility index (Phi) is 7.17. The van der Waals surface area contributed by atoms with E-state index in [2.05, 4.69) is 15.3 Å². The number of hydrogen-bond donors (Lipinski definition) is 1. The molecule has 0 bridgehead atoms. The molecule has 1 unspecified atom stereocenters. The third kappa shape index (κ3) is 4.69. The Morgan fingerprint density at radius 3 is 2.66 bits per heavy atom. The van der Waals surface area contributed by atoms with Crippen LogP contribution in [0.4, 0.5) is 0 Å². The van der Waals surface area contributed by atoms with E-state index in [1.54, 1.807) is 23.7 Å². The minimum absolute atomic E-state index is 0.0136. The summed E-state index contributed by atoms with van der Waals surface area (Å²) in [5.41, 5.74) is 2.54. The molecule has 1 atom stereocenters. The van der Waals surface area contributed by atoms with E-state index >= 15 is 0 Å². The number of aromatic nitrogens is 2. The maximum atomic E-state index is 12.9. The lowest BCUT2D eigenvalue weighted by atomic mass is 9.95. The van der Waals surface area contributed by atoms with E-state index in [4.69, 9.17) is 9.47 Å². The fourth-order valence-electron chi connectivity index (χ4n) is 4.31. The fourth-order valence-corrected chi connectivity index (χ4v) is 5.79. The van der Waals surface area contributed by atoms with Crippen molar-refractivity contribution in [2.45, 2.75) is 25.8 Å². The van der Waals surface area contributed by atoms with Gasteiger partial charge in [-0.1, -0.05) is 0 Å². The van der Waals surface area contributed by atoms with Crippen LogP contribution in [0.3, 0.4) is 0 Å². The molecule has 1 aromatic heterocycles. The van der Waals surface area contributed by atoms with Crippen LogP contribution in [0.25, 0.3) is 5.69 Å². The van der Waals surface area contributed by atoms with Gasteiger partial charge in [0.25, 0.3) is 5.91 Å². The molecule has 3 heterocycles. The Balaban J connectivity index is 1.42. The number of esters is 1. The number of ether oxygens (including phenoxy) is 2. The zero-order valence-corrected chi connectivity index (χ0v) is 19.5. The first-order chi connectivity index (χ1) is 15.5. The molecule has 2 aromatic rings. The molecule has 2 saturated heterocycles. The highest BCUT2D eigenvalue weighted by molar-refractivity contribution is 7.99. The Labute approximate surface area is 192 Å². The normalized spacial score (nSPS) is 21.4. The van der Waals surface area contributed by atoms with Gasteiger partial charge in [0.1, 0.15) is 5.56 Å². The van der Waals surface area contributed by atoms with E-state index in [-0.39, 0.29) is 17.4 Å². The largest absolute Gasteiger partial charge is 0.462 e. The molecule has 2 fully saturated rings. The van der Waals surface area contributed by atoms with Crippen LogP contribution < -0.4 is 5.32 Å². The summed E-state index contributed by atoms with van der Waals surface area (Å²) in [4.78, 5) is 27.4. The zero-order chi connectivity index (χ0) is 22.6. The van der Waals surface area contributed by atoms with Gasteiger partial charge >= 0.3 is 5.97 Å². The lowest BCUT2D eigenvalue weighted by Gasteiger charge is -2.43. The second-order valence-electron chi connectivity index (χ2n) is 8.13. The van der Waals surface area contributed by atoms with Crippen LogP contribution in [0.1, 0.15) is 39.8 Å². The number of benzene rings is 1. The van der Waals surface area contributed by atoms with E-state index in [1.807, 2.05) is 30.8 Å². The summed E-state index contributed by atoms with van der Waals surface area (Å²) in [5.74, 6) is 1.70. The maximum absolute atomic E-state index is 12.9. The van der Waals surface area contributed by atoms with Crippen molar-refractivity contribution in [3.8, 4) is 5.69 Å². The molecule has 8 nitrogen and oxygen atoms in total. The van der Waals surface area contributed by atoms with Gasteiger partial charge in [-0.15, -0.1) is 0 Å². The van der Waals surface area contributed by atoms with Crippen LogP contribution in [0.15, 0.2) is 30.5 Å². The number of nitrogens with one attached hydrogen (secondary N) is 1. The Morgan fingerprint density at radius 2 is 2.00 bits per heavy atom. The first-order valence-corrected chi connectivity index (χ1v) is 12.2. The van der Waals surface area contributed by atoms with Crippen LogP contribution in [-0.2, 0) is 9.47 Å². The van der Waals surface area contributed by atoms with Crippen molar-refractivity contribution in [1.29, 1.82) is 0 Å². The summed E-state index contributed by atoms with van der Waals surface area (Å²) >= 11 is 1.95. The number of nitrogens with zero attached hydrogens (tertiary/aromatic N) is 3. The van der Waals surface area contributed by atoms with Crippen LogP contribution in [0.5, 0.6) is 0 Å². The smallest absolute Gasteiger partial charge is 0.341 e. The van der Waals surface area contributed by atoms with E-state index in [0.29, 0.717) is 30.0 Å². The van der Waals surface area contributed by atoms with Crippen LogP contribution in [0, 0.1) is 6.92 Å². The molecule has 172 valence electrons. The van der Waals surface area contributed by atoms with Gasteiger partial charge in [-0.3, -0.25) is 9.69 Å². The van der Waals surface area contributed by atoms with Gasteiger partial charge in [0, 0.05) is 36.5 Å². The molecular weight excluding hydrogens is 428 g/mol. The summed E-state index contributed by atoms with van der Waals surface area (Å²) in [6, 6.07) is 7.27. The molecular formula is C23H30N4O4S. The highest BCUT2D eigenvalue weighted by atomic mass is 32.2. The minimum Gasteiger partial charge on any atom is -0.462 e. The fraction of sp³-hybridized carbons (Fsp3) is 0.522. The monoisotopic (exact) mass is 458 g/mol. The molecule has 0 aliphatic carbocycles. The Bertz CT molecular complexity index is 947. The van der Waals surface area contributed by atoms with Crippen molar-refractivity contribution in [2.75, 3.05) is 51.0 Å². The van der Waals surface area contributed by atoms with Crippen molar-refractivity contribution >= 4 is 23.6 Å². The lowest BCUT2D eigenvalue weighted by molar-refractivity contribution is -0.0129. The van der Waals surface area contributed by atoms with Crippen LogP contribution in [0.2, 0.25) is 0 Å². The van der Waals surface area contributed by atoms with E-state index in [0.717, 1.165) is 49.9 Å². The highest BCUT2D eigenvalue weighted by Gasteiger charge is 2.40. The number of morpholine rings is 1.